The summed E-state index contributed by atoms with van der Waals surface area (Å²) in [6.45, 7) is 10.3. The quantitative estimate of drug-likeness (QED) is 0.833. The normalized spacial score (nSPS) is 13.1. The molecular weight excluding hydrogens is 298 g/mol. The summed E-state index contributed by atoms with van der Waals surface area (Å²) >= 11 is 0. The van der Waals surface area contributed by atoms with Crippen LogP contribution in [0.25, 0.3) is 0 Å². The van der Waals surface area contributed by atoms with Crippen LogP contribution in [0.5, 0.6) is 5.75 Å². The lowest BCUT2D eigenvalue weighted by Crippen LogP contribution is -2.46. The summed E-state index contributed by atoms with van der Waals surface area (Å²) < 4.78 is 5.67. The zero-order chi connectivity index (χ0) is 17.6. The average Bonchev–Trinajstić information content (AvgIpc) is 2.54. The molecule has 2 rings (SSSR count). The zero-order valence-electron chi connectivity index (χ0n) is 15.2. The third kappa shape index (κ3) is 5.99. The van der Waals surface area contributed by atoms with Crippen molar-refractivity contribution in [3.05, 3.63) is 65.7 Å². The lowest BCUT2D eigenvalue weighted by atomic mass is 10.0. The van der Waals surface area contributed by atoms with Crippen LogP contribution in [0.1, 0.15) is 31.9 Å². The third-order valence-electron chi connectivity index (χ3n) is 4.06. The standard InChI is InChI=1S/C21H29NO2/c1-17-10-12-18(13-11-17)14-22(21(2,3)4)15-19(23)16-24-20-8-6-5-7-9-20/h5-13,19,23H,14-16H2,1-4H3. The molecule has 0 amide bonds. The van der Waals surface area contributed by atoms with Crippen molar-refractivity contribution in [3.8, 4) is 5.75 Å². The van der Waals surface area contributed by atoms with Gasteiger partial charge in [0.15, 0.2) is 0 Å². The van der Waals surface area contributed by atoms with Gasteiger partial charge in [-0.2, -0.15) is 0 Å². The molecule has 0 fully saturated rings. The van der Waals surface area contributed by atoms with Crippen LogP contribution in [0.4, 0.5) is 0 Å². The van der Waals surface area contributed by atoms with Gasteiger partial charge in [-0.3, -0.25) is 4.90 Å². The first-order valence-corrected chi connectivity index (χ1v) is 8.51. The van der Waals surface area contributed by atoms with Crippen LogP contribution in [0.15, 0.2) is 54.6 Å². The smallest absolute Gasteiger partial charge is 0.119 e. The maximum Gasteiger partial charge on any atom is 0.119 e. The molecule has 1 N–H and O–H groups in total. The number of rotatable bonds is 7. The highest BCUT2D eigenvalue weighted by atomic mass is 16.5. The Hall–Kier alpha value is -1.84. The first-order chi connectivity index (χ1) is 11.3. The first-order valence-electron chi connectivity index (χ1n) is 8.51. The number of aliphatic hydroxyl groups excluding tert-OH is 1. The summed E-state index contributed by atoms with van der Waals surface area (Å²) in [4.78, 5) is 2.29. The molecule has 3 heteroatoms. The van der Waals surface area contributed by atoms with Crippen molar-refractivity contribution in [1.82, 2.24) is 4.90 Å². The lowest BCUT2D eigenvalue weighted by molar-refractivity contribution is 0.0284. The van der Waals surface area contributed by atoms with Gasteiger partial charge < -0.3 is 9.84 Å². The maximum atomic E-state index is 10.4. The van der Waals surface area contributed by atoms with E-state index in [9.17, 15) is 5.11 Å². The third-order valence-corrected chi connectivity index (χ3v) is 4.06. The van der Waals surface area contributed by atoms with E-state index in [1.165, 1.54) is 11.1 Å². The van der Waals surface area contributed by atoms with Crippen LogP contribution in [0, 0.1) is 6.92 Å². The van der Waals surface area contributed by atoms with Crippen molar-refractivity contribution < 1.29 is 9.84 Å². The zero-order valence-corrected chi connectivity index (χ0v) is 15.2. The second-order valence-corrected chi connectivity index (χ2v) is 7.31. The Labute approximate surface area is 145 Å². The van der Waals surface area contributed by atoms with Gasteiger partial charge in [0, 0.05) is 18.6 Å². The van der Waals surface area contributed by atoms with Gasteiger partial charge in [0.05, 0.1) is 0 Å². The van der Waals surface area contributed by atoms with Crippen LogP contribution in [-0.4, -0.2) is 34.8 Å². The van der Waals surface area contributed by atoms with Crippen LogP contribution in [-0.2, 0) is 6.54 Å². The number of aryl methyl sites for hydroxylation is 1. The second kappa shape index (κ2) is 8.32. The van der Waals surface area contributed by atoms with Gasteiger partial charge in [-0.15, -0.1) is 0 Å². The van der Waals surface area contributed by atoms with Crippen LogP contribution < -0.4 is 4.74 Å². The number of nitrogens with zero attached hydrogens (tertiary/aromatic N) is 1. The van der Waals surface area contributed by atoms with E-state index in [0.717, 1.165) is 12.3 Å². The molecule has 0 saturated heterocycles. The molecule has 1 unspecified atom stereocenters. The summed E-state index contributed by atoms with van der Waals surface area (Å²) in [5.74, 6) is 0.789. The molecule has 0 heterocycles. The average molecular weight is 327 g/mol. The Morgan fingerprint density at radius 2 is 1.62 bits per heavy atom. The molecule has 130 valence electrons. The van der Waals surface area contributed by atoms with Gasteiger partial charge >= 0.3 is 0 Å². The molecule has 0 saturated carbocycles. The lowest BCUT2D eigenvalue weighted by Gasteiger charge is -2.37. The number of hydrogen-bond acceptors (Lipinski definition) is 3. The molecule has 24 heavy (non-hydrogen) atoms. The van der Waals surface area contributed by atoms with Crippen molar-refractivity contribution in [2.75, 3.05) is 13.2 Å². The van der Waals surface area contributed by atoms with Gasteiger partial charge in [-0.25, -0.2) is 0 Å². The van der Waals surface area contributed by atoms with Crippen molar-refractivity contribution in [1.29, 1.82) is 0 Å². The molecule has 2 aromatic carbocycles. The minimum Gasteiger partial charge on any atom is -0.491 e. The highest BCUT2D eigenvalue weighted by Crippen LogP contribution is 2.18. The summed E-state index contributed by atoms with van der Waals surface area (Å²) in [5.41, 5.74) is 2.49. The van der Waals surface area contributed by atoms with E-state index in [2.05, 4.69) is 56.9 Å². The van der Waals surface area contributed by atoms with E-state index in [4.69, 9.17) is 4.74 Å². The molecular formula is C21H29NO2. The summed E-state index contributed by atoms with van der Waals surface area (Å²) in [6, 6.07) is 18.2. The number of para-hydroxylation sites is 1. The van der Waals surface area contributed by atoms with Crippen molar-refractivity contribution >= 4 is 0 Å². The van der Waals surface area contributed by atoms with E-state index in [-0.39, 0.29) is 5.54 Å². The topological polar surface area (TPSA) is 32.7 Å². The van der Waals surface area contributed by atoms with Crippen LogP contribution in [0.3, 0.4) is 0 Å². The Kier molecular flexibility index (Phi) is 6.41. The molecule has 0 bridgehead atoms. The van der Waals surface area contributed by atoms with Gasteiger partial charge in [0.25, 0.3) is 0 Å². The number of β-amino-alcohol motifs (C(OH)–C–C–N with tert-alkyl or cyclic N) is 1. The van der Waals surface area contributed by atoms with E-state index in [1.54, 1.807) is 0 Å². The fraction of sp³-hybridized carbons (Fsp3) is 0.429. The van der Waals surface area contributed by atoms with Gasteiger partial charge in [0.1, 0.15) is 18.5 Å². The molecule has 0 spiro atoms. The highest BCUT2D eigenvalue weighted by molar-refractivity contribution is 5.22. The molecule has 0 aliphatic rings. The molecule has 1 atom stereocenters. The first kappa shape index (κ1) is 18.5. The Morgan fingerprint density at radius 3 is 2.21 bits per heavy atom. The predicted octanol–water partition coefficient (Wildman–Crippen LogP) is 4.04. The van der Waals surface area contributed by atoms with Gasteiger partial charge in [-0.1, -0.05) is 48.0 Å². The van der Waals surface area contributed by atoms with E-state index in [1.807, 2.05) is 30.3 Å². The van der Waals surface area contributed by atoms with Crippen molar-refractivity contribution in [3.63, 3.8) is 0 Å². The van der Waals surface area contributed by atoms with Gasteiger partial charge in [0.2, 0.25) is 0 Å². The highest BCUT2D eigenvalue weighted by Gasteiger charge is 2.24. The number of ether oxygens (including phenoxy) is 1. The summed E-state index contributed by atoms with van der Waals surface area (Å²) in [5, 5.41) is 10.4. The van der Waals surface area contributed by atoms with E-state index < -0.39 is 6.10 Å². The van der Waals surface area contributed by atoms with Gasteiger partial charge in [-0.05, 0) is 45.4 Å². The molecule has 0 radical (unpaired) electrons. The van der Waals surface area contributed by atoms with Crippen molar-refractivity contribution in [2.24, 2.45) is 0 Å². The molecule has 3 nitrogen and oxygen atoms in total. The fourth-order valence-corrected chi connectivity index (χ4v) is 2.51. The Morgan fingerprint density at radius 1 is 1.00 bits per heavy atom. The van der Waals surface area contributed by atoms with E-state index >= 15 is 0 Å². The van der Waals surface area contributed by atoms with Crippen LogP contribution in [0.2, 0.25) is 0 Å². The molecule has 0 aromatic heterocycles. The Bertz CT molecular complexity index is 602. The minimum absolute atomic E-state index is 0.0292. The molecule has 2 aromatic rings. The van der Waals surface area contributed by atoms with Crippen molar-refractivity contribution in [2.45, 2.75) is 45.9 Å². The maximum absolute atomic E-state index is 10.4. The number of benzene rings is 2. The monoisotopic (exact) mass is 327 g/mol. The molecule has 0 aliphatic heterocycles. The minimum atomic E-state index is -0.533. The summed E-state index contributed by atoms with van der Waals surface area (Å²) in [7, 11) is 0. The van der Waals surface area contributed by atoms with Crippen LogP contribution >= 0.6 is 0 Å². The summed E-state index contributed by atoms with van der Waals surface area (Å²) in [6.07, 6.45) is -0.533. The second-order valence-electron chi connectivity index (χ2n) is 7.31. The largest absolute Gasteiger partial charge is 0.491 e. The number of aliphatic hydroxyl groups is 1. The van der Waals surface area contributed by atoms with E-state index in [0.29, 0.717) is 13.2 Å². The predicted molar refractivity (Wildman–Crippen MR) is 99.3 cm³/mol. The molecule has 0 aliphatic carbocycles. The fourth-order valence-electron chi connectivity index (χ4n) is 2.51. The Balaban J connectivity index is 1.94. The SMILES string of the molecule is Cc1ccc(CN(CC(O)COc2ccccc2)C(C)(C)C)cc1. The number of hydrogen-bond donors (Lipinski definition) is 1.